The third-order valence-corrected chi connectivity index (χ3v) is 3.08. The van der Waals surface area contributed by atoms with E-state index in [1.54, 1.807) is 38.5 Å². The van der Waals surface area contributed by atoms with Crippen molar-refractivity contribution in [1.82, 2.24) is 0 Å². The molecule has 0 bridgehead atoms. The van der Waals surface area contributed by atoms with Gasteiger partial charge in [-0.25, -0.2) is 4.99 Å². The summed E-state index contributed by atoms with van der Waals surface area (Å²) in [5.41, 5.74) is 1.46. The number of carbonyl (C=O) groups is 1. The van der Waals surface area contributed by atoms with Crippen molar-refractivity contribution in [3.8, 4) is 11.5 Å². The lowest BCUT2D eigenvalue weighted by atomic mass is 10.3. The number of rotatable bonds is 5. The van der Waals surface area contributed by atoms with Gasteiger partial charge in [0.25, 0.3) is 0 Å². The van der Waals surface area contributed by atoms with Crippen LogP contribution in [0.3, 0.4) is 0 Å². The molecule has 1 amide bonds. The van der Waals surface area contributed by atoms with Crippen molar-refractivity contribution in [3.63, 3.8) is 0 Å². The number of methoxy groups -OCH3 is 2. The molecule has 0 N–H and O–H groups in total. The molecular weight excluding hydrogens is 280 g/mol. The number of anilines is 1. The van der Waals surface area contributed by atoms with Crippen LogP contribution in [0.1, 0.15) is 6.92 Å². The van der Waals surface area contributed by atoms with Gasteiger partial charge in [-0.05, 0) is 48.5 Å². The maximum atomic E-state index is 11.8. The summed E-state index contributed by atoms with van der Waals surface area (Å²) in [5, 5.41) is 0. The van der Waals surface area contributed by atoms with E-state index in [2.05, 4.69) is 4.99 Å². The molecule has 0 aliphatic rings. The van der Waals surface area contributed by atoms with Crippen molar-refractivity contribution in [2.24, 2.45) is 4.99 Å². The largest absolute Gasteiger partial charge is 0.497 e. The number of benzene rings is 2. The second kappa shape index (κ2) is 7.26. The highest BCUT2D eigenvalue weighted by Gasteiger charge is 2.09. The first-order valence-electron chi connectivity index (χ1n) is 6.76. The van der Waals surface area contributed by atoms with Crippen LogP contribution >= 0.6 is 0 Å². The van der Waals surface area contributed by atoms with Gasteiger partial charge in [0.2, 0.25) is 5.91 Å². The molecule has 0 aromatic heterocycles. The molecular formula is C17H18N2O3. The van der Waals surface area contributed by atoms with E-state index in [4.69, 9.17) is 9.47 Å². The fourth-order valence-electron chi connectivity index (χ4n) is 1.87. The predicted molar refractivity (Wildman–Crippen MR) is 87.3 cm³/mol. The van der Waals surface area contributed by atoms with E-state index in [0.29, 0.717) is 0 Å². The summed E-state index contributed by atoms with van der Waals surface area (Å²) in [6, 6.07) is 14.5. The fourth-order valence-corrected chi connectivity index (χ4v) is 1.87. The first kappa shape index (κ1) is 15.6. The molecule has 5 heteroatoms. The molecule has 0 spiro atoms. The first-order chi connectivity index (χ1) is 10.6. The highest BCUT2D eigenvalue weighted by atomic mass is 16.5. The van der Waals surface area contributed by atoms with Gasteiger partial charge in [-0.3, -0.25) is 9.69 Å². The van der Waals surface area contributed by atoms with Crippen LogP contribution in [-0.2, 0) is 4.79 Å². The van der Waals surface area contributed by atoms with Crippen LogP contribution in [0.4, 0.5) is 11.4 Å². The van der Waals surface area contributed by atoms with Crippen LogP contribution in [0, 0.1) is 0 Å². The number of amides is 1. The smallest absolute Gasteiger partial charge is 0.229 e. The number of hydrogen-bond donors (Lipinski definition) is 0. The zero-order valence-electron chi connectivity index (χ0n) is 12.8. The molecule has 0 radical (unpaired) electrons. The Labute approximate surface area is 129 Å². The minimum absolute atomic E-state index is 0.123. The molecule has 2 aromatic carbocycles. The zero-order valence-corrected chi connectivity index (χ0v) is 12.8. The molecule has 114 valence electrons. The minimum atomic E-state index is -0.123. The van der Waals surface area contributed by atoms with Gasteiger partial charge >= 0.3 is 0 Å². The van der Waals surface area contributed by atoms with Gasteiger partial charge in [0.05, 0.1) is 25.6 Å². The summed E-state index contributed by atoms with van der Waals surface area (Å²) in [6.45, 7) is 1.49. The second-order valence-electron chi connectivity index (χ2n) is 4.53. The van der Waals surface area contributed by atoms with Gasteiger partial charge in [0, 0.05) is 6.92 Å². The molecule has 5 nitrogen and oxygen atoms in total. The van der Waals surface area contributed by atoms with Crippen LogP contribution in [0.15, 0.2) is 53.5 Å². The van der Waals surface area contributed by atoms with Crippen molar-refractivity contribution in [1.29, 1.82) is 0 Å². The van der Waals surface area contributed by atoms with Crippen molar-refractivity contribution < 1.29 is 14.3 Å². The van der Waals surface area contributed by atoms with Gasteiger partial charge in [0.15, 0.2) is 0 Å². The summed E-state index contributed by atoms with van der Waals surface area (Å²) < 4.78 is 10.2. The molecule has 0 unspecified atom stereocenters. The molecule has 0 heterocycles. The van der Waals surface area contributed by atoms with Crippen LogP contribution in [0.2, 0.25) is 0 Å². The second-order valence-corrected chi connectivity index (χ2v) is 4.53. The van der Waals surface area contributed by atoms with Crippen molar-refractivity contribution in [2.75, 3.05) is 19.1 Å². The summed E-state index contributed by atoms with van der Waals surface area (Å²) >= 11 is 0. The highest BCUT2D eigenvalue weighted by Crippen LogP contribution is 2.20. The molecule has 0 aliphatic heterocycles. The van der Waals surface area contributed by atoms with Crippen molar-refractivity contribution >= 4 is 23.6 Å². The highest BCUT2D eigenvalue weighted by molar-refractivity contribution is 6.07. The molecule has 0 atom stereocenters. The van der Waals surface area contributed by atoms with Crippen LogP contribution in [-0.4, -0.2) is 26.5 Å². The van der Waals surface area contributed by atoms with Crippen LogP contribution in [0.25, 0.3) is 0 Å². The van der Waals surface area contributed by atoms with Gasteiger partial charge in [-0.1, -0.05) is 0 Å². The predicted octanol–water partition coefficient (Wildman–Crippen LogP) is 3.42. The Morgan fingerprint density at radius 1 is 0.955 bits per heavy atom. The third-order valence-electron chi connectivity index (χ3n) is 3.08. The summed E-state index contributed by atoms with van der Waals surface area (Å²) in [7, 11) is 3.21. The lowest BCUT2D eigenvalue weighted by molar-refractivity contribution is -0.115. The first-order valence-corrected chi connectivity index (χ1v) is 6.76. The van der Waals surface area contributed by atoms with E-state index in [1.165, 1.54) is 18.2 Å². The Balaban J connectivity index is 2.19. The van der Waals surface area contributed by atoms with Gasteiger partial charge in [-0.2, -0.15) is 0 Å². The summed E-state index contributed by atoms with van der Waals surface area (Å²) in [6.07, 6.45) is 1.51. The van der Waals surface area contributed by atoms with Crippen molar-refractivity contribution in [2.45, 2.75) is 6.92 Å². The molecule has 22 heavy (non-hydrogen) atoms. The Kier molecular flexibility index (Phi) is 5.14. The Hall–Kier alpha value is -2.82. The normalized spacial score (nSPS) is 10.5. The van der Waals surface area contributed by atoms with Gasteiger partial charge in [0.1, 0.15) is 17.8 Å². The van der Waals surface area contributed by atoms with Crippen molar-refractivity contribution in [3.05, 3.63) is 48.5 Å². The van der Waals surface area contributed by atoms with E-state index >= 15 is 0 Å². The number of aliphatic imine (C=N–C) groups is 1. The molecule has 2 aromatic rings. The standard InChI is InChI=1S/C17H18N2O3/c1-13(20)19(15-6-10-17(22-3)11-7-15)12-18-14-4-8-16(21-2)9-5-14/h4-12H,1-3H3. The van der Waals surface area contributed by atoms with E-state index < -0.39 is 0 Å². The maximum absolute atomic E-state index is 11.8. The van der Waals surface area contributed by atoms with E-state index in [9.17, 15) is 4.79 Å². The molecule has 0 saturated carbocycles. The Morgan fingerprint density at radius 3 is 1.91 bits per heavy atom. The molecule has 0 saturated heterocycles. The van der Waals surface area contributed by atoms with E-state index in [0.717, 1.165) is 22.9 Å². The lowest BCUT2D eigenvalue weighted by Gasteiger charge is -2.15. The summed E-state index contributed by atoms with van der Waals surface area (Å²) in [5.74, 6) is 1.37. The molecule has 0 aliphatic carbocycles. The fraction of sp³-hybridized carbons (Fsp3) is 0.176. The number of hydrogen-bond acceptors (Lipinski definition) is 4. The number of nitrogens with zero attached hydrogens (tertiary/aromatic N) is 2. The number of carbonyl (C=O) groups excluding carboxylic acids is 1. The molecule has 0 fully saturated rings. The Bertz CT molecular complexity index is 649. The van der Waals surface area contributed by atoms with Crippen LogP contribution in [0.5, 0.6) is 11.5 Å². The van der Waals surface area contributed by atoms with E-state index in [-0.39, 0.29) is 5.91 Å². The van der Waals surface area contributed by atoms with E-state index in [1.807, 2.05) is 24.3 Å². The quantitative estimate of drug-likeness (QED) is 0.628. The van der Waals surface area contributed by atoms with Crippen LogP contribution < -0.4 is 14.4 Å². The number of ether oxygens (including phenoxy) is 2. The topological polar surface area (TPSA) is 51.1 Å². The average molecular weight is 298 g/mol. The van der Waals surface area contributed by atoms with Gasteiger partial charge in [-0.15, -0.1) is 0 Å². The minimum Gasteiger partial charge on any atom is -0.497 e. The maximum Gasteiger partial charge on any atom is 0.229 e. The van der Waals surface area contributed by atoms with Gasteiger partial charge < -0.3 is 9.47 Å². The monoisotopic (exact) mass is 298 g/mol. The molecule has 2 rings (SSSR count). The third kappa shape index (κ3) is 3.85. The Morgan fingerprint density at radius 2 is 1.45 bits per heavy atom. The summed E-state index contributed by atoms with van der Waals surface area (Å²) in [4.78, 5) is 17.6. The zero-order chi connectivity index (χ0) is 15.9. The SMILES string of the molecule is COc1ccc(N=CN(C(C)=O)c2ccc(OC)cc2)cc1. The lowest BCUT2D eigenvalue weighted by Crippen LogP contribution is -2.26. The average Bonchev–Trinajstić information content (AvgIpc) is 2.56.